The van der Waals surface area contributed by atoms with Crippen LogP contribution in [0.15, 0.2) is 96.2 Å². The second kappa shape index (κ2) is 11.5. The number of likely N-dealkylation sites (N-methyl/N-ethyl adjacent to an activating group) is 1. The molecule has 1 aliphatic carbocycles. The number of para-hydroxylation sites is 1. The number of nitrogens with zero attached hydrogens (tertiary/aromatic N) is 2. The van der Waals surface area contributed by atoms with Gasteiger partial charge >= 0.3 is 6.03 Å². The number of urea groups is 1. The fourth-order valence-electron chi connectivity index (χ4n) is 5.60. The van der Waals surface area contributed by atoms with Crippen LogP contribution in [0, 0.1) is 5.92 Å². The van der Waals surface area contributed by atoms with Crippen LogP contribution in [-0.4, -0.2) is 53.3 Å². The molecule has 2 N–H and O–H groups in total. The molecular weight excluding hydrogens is 516 g/mol. The van der Waals surface area contributed by atoms with E-state index in [1.54, 1.807) is 9.80 Å². The molecule has 0 aromatic heterocycles. The van der Waals surface area contributed by atoms with Gasteiger partial charge in [0.2, 0.25) is 5.91 Å². The van der Waals surface area contributed by atoms with E-state index in [-0.39, 0.29) is 24.4 Å². The molecule has 2 atom stereocenters. The van der Waals surface area contributed by atoms with E-state index in [2.05, 4.69) is 10.6 Å². The van der Waals surface area contributed by atoms with E-state index in [1.165, 1.54) is 0 Å². The molecule has 8 nitrogen and oxygen atoms in total. The van der Waals surface area contributed by atoms with Crippen molar-refractivity contribution in [3.8, 4) is 11.5 Å². The van der Waals surface area contributed by atoms with Gasteiger partial charge in [-0.25, -0.2) is 4.79 Å². The van der Waals surface area contributed by atoms with Crippen LogP contribution in [-0.2, 0) is 16.0 Å². The van der Waals surface area contributed by atoms with Gasteiger partial charge in [0.15, 0.2) is 0 Å². The van der Waals surface area contributed by atoms with Crippen LogP contribution in [0.1, 0.15) is 36.9 Å². The molecule has 1 fully saturated rings. The number of carbonyl (C=O) groups excluding carboxylic acids is 3. The first kappa shape index (κ1) is 26.6. The lowest BCUT2D eigenvalue weighted by Gasteiger charge is -2.33. The van der Waals surface area contributed by atoms with Gasteiger partial charge in [-0.05, 0) is 61.1 Å². The van der Waals surface area contributed by atoms with Crippen molar-refractivity contribution in [3.05, 3.63) is 107 Å². The van der Waals surface area contributed by atoms with Gasteiger partial charge in [0.25, 0.3) is 5.91 Å². The van der Waals surface area contributed by atoms with Gasteiger partial charge < -0.3 is 20.3 Å². The van der Waals surface area contributed by atoms with E-state index >= 15 is 0 Å². The summed E-state index contributed by atoms with van der Waals surface area (Å²) < 4.78 is 6.04. The van der Waals surface area contributed by atoms with Crippen LogP contribution in [0.2, 0.25) is 0 Å². The van der Waals surface area contributed by atoms with Crippen LogP contribution in [0.5, 0.6) is 11.5 Å². The minimum atomic E-state index is -0.698. The molecule has 2 heterocycles. The van der Waals surface area contributed by atoms with E-state index in [1.807, 2.05) is 91.9 Å². The zero-order valence-electron chi connectivity index (χ0n) is 23.1. The number of hydrogen-bond donors (Lipinski definition) is 2. The lowest BCUT2D eigenvalue weighted by Crippen LogP contribution is -2.50. The second-order valence-corrected chi connectivity index (χ2v) is 10.8. The monoisotopic (exact) mass is 550 g/mol. The van der Waals surface area contributed by atoms with Crippen LogP contribution < -0.4 is 15.4 Å². The molecule has 0 unspecified atom stereocenters. The summed E-state index contributed by atoms with van der Waals surface area (Å²) >= 11 is 0. The molecule has 1 saturated carbocycles. The Morgan fingerprint density at radius 1 is 0.976 bits per heavy atom. The third-order valence-electron chi connectivity index (χ3n) is 7.95. The van der Waals surface area contributed by atoms with Crippen molar-refractivity contribution in [2.75, 3.05) is 19.6 Å². The van der Waals surface area contributed by atoms with E-state index < -0.39 is 12.1 Å². The molecule has 0 bridgehead atoms. The third kappa shape index (κ3) is 5.68. The average Bonchev–Trinajstić information content (AvgIpc) is 3.77. The average molecular weight is 551 g/mol. The molecule has 4 amide bonds. The van der Waals surface area contributed by atoms with E-state index in [0.29, 0.717) is 48.2 Å². The van der Waals surface area contributed by atoms with E-state index in [0.717, 1.165) is 24.0 Å². The Morgan fingerprint density at radius 2 is 1.68 bits per heavy atom. The van der Waals surface area contributed by atoms with Crippen LogP contribution in [0.4, 0.5) is 4.79 Å². The molecule has 2 aliphatic heterocycles. The highest BCUT2D eigenvalue weighted by Gasteiger charge is 2.47. The minimum absolute atomic E-state index is 0.161. The molecule has 210 valence electrons. The molecule has 3 aliphatic rings. The largest absolute Gasteiger partial charge is 0.457 e. The maximum Gasteiger partial charge on any atom is 0.322 e. The number of benzene rings is 3. The van der Waals surface area contributed by atoms with E-state index in [9.17, 15) is 14.4 Å². The molecular formula is C33H34N4O4. The number of amides is 4. The molecule has 3 aromatic carbocycles. The quantitative estimate of drug-likeness (QED) is 0.380. The van der Waals surface area contributed by atoms with Gasteiger partial charge in [0, 0.05) is 19.5 Å². The van der Waals surface area contributed by atoms with E-state index in [4.69, 9.17) is 4.74 Å². The van der Waals surface area contributed by atoms with Crippen molar-refractivity contribution in [2.24, 2.45) is 5.92 Å². The summed E-state index contributed by atoms with van der Waals surface area (Å²) in [7, 11) is 0. The zero-order chi connectivity index (χ0) is 28.3. The summed E-state index contributed by atoms with van der Waals surface area (Å²) in [4.78, 5) is 44.3. The van der Waals surface area contributed by atoms with Gasteiger partial charge in [-0.15, -0.1) is 0 Å². The highest BCUT2D eigenvalue weighted by atomic mass is 16.5. The predicted octanol–water partition coefficient (Wildman–Crippen LogP) is 4.80. The Labute approximate surface area is 240 Å². The van der Waals surface area contributed by atoms with Crippen LogP contribution in [0.3, 0.4) is 0 Å². The highest BCUT2D eigenvalue weighted by Crippen LogP contribution is 2.38. The number of nitrogens with one attached hydrogen (secondary N) is 2. The van der Waals surface area contributed by atoms with Crippen LogP contribution >= 0.6 is 0 Å². The molecule has 0 saturated heterocycles. The van der Waals surface area contributed by atoms with Gasteiger partial charge in [-0.2, -0.15) is 0 Å². The third-order valence-corrected chi connectivity index (χ3v) is 7.95. The Balaban J connectivity index is 1.31. The maximum atomic E-state index is 14.2. The minimum Gasteiger partial charge on any atom is -0.457 e. The van der Waals surface area contributed by atoms with Crippen LogP contribution in [0.25, 0.3) is 0 Å². The molecule has 6 rings (SSSR count). The molecule has 41 heavy (non-hydrogen) atoms. The number of hydrogen-bond acceptors (Lipinski definition) is 4. The fourth-order valence-corrected chi connectivity index (χ4v) is 5.60. The molecule has 0 radical (unpaired) electrons. The van der Waals surface area contributed by atoms with Crippen molar-refractivity contribution >= 4 is 17.8 Å². The Bertz CT molecular complexity index is 1470. The predicted molar refractivity (Wildman–Crippen MR) is 155 cm³/mol. The van der Waals surface area contributed by atoms with Crippen molar-refractivity contribution in [2.45, 2.75) is 38.3 Å². The standard InChI is InChI=1S/C33H34N4O4/c1-2-36-28-21-37(27(18-22-10-5-3-6-11-22)31(38)34-20-23-16-17-23)32(39)29(28)30(35-33(36)40)24-12-9-15-26(19-24)41-25-13-7-4-8-14-25/h3-15,19,23,27,30H,2,16-18,20-21H2,1H3,(H,34,38)(H,35,40)/t27-,30+/m0/s1. The lowest BCUT2D eigenvalue weighted by molar-refractivity contribution is -0.136. The molecule has 0 spiro atoms. The fraction of sp³-hybridized carbons (Fsp3) is 0.303. The molecule has 3 aromatic rings. The topological polar surface area (TPSA) is 91.0 Å². The summed E-state index contributed by atoms with van der Waals surface area (Å²) in [5, 5.41) is 6.13. The van der Waals surface area contributed by atoms with Crippen molar-refractivity contribution < 1.29 is 19.1 Å². The van der Waals surface area contributed by atoms with Crippen molar-refractivity contribution in [1.82, 2.24) is 20.4 Å². The highest BCUT2D eigenvalue weighted by molar-refractivity contribution is 6.03. The first-order valence-corrected chi connectivity index (χ1v) is 14.3. The van der Waals surface area contributed by atoms with Gasteiger partial charge in [-0.1, -0.05) is 60.7 Å². The summed E-state index contributed by atoms with van der Waals surface area (Å²) in [6.07, 6.45) is 2.63. The first-order chi connectivity index (χ1) is 20.0. The maximum absolute atomic E-state index is 14.2. The smallest absolute Gasteiger partial charge is 0.322 e. The Morgan fingerprint density at radius 3 is 2.39 bits per heavy atom. The number of rotatable bonds is 10. The Kier molecular flexibility index (Phi) is 7.46. The molecule has 8 heteroatoms. The van der Waals surface area contributed by atoms with Gasteiger partial charge in [0.1, 0.15) is 17.5 Å². The summed E-state index contributed by atoms with van der Waals surface area (Å²) in [5.74, 6) is 1.42. The zero-order valence-corrected chi connectivity index (χ0v) is 23.1. The van der Waals surface area contributed by atoms with Crippen molar-refractivity contribution in [1.29, 1.82) is 0 Å². The normalized spacial score (nSPS) is 19.1. The van der Waals surface area contributed by atoms with Crippen molar-refractivity contribution in [3.63, 3.8) is 0 Å². The SMILES string of the molecule is CCN1C(=O)N[C@H](c2cccc(Oc3ccccc3)c2)C2=C1CN([C@@H](Cc1ccccc1)C(=O)NCC1CC1)C2=O. The number of ether oxygens (including phenoxy) is 1. The lowest BCUT2D eigenvalue weighted by atomic mass is 9.95. The van der Waals surface area contributed by atoms with Gasteiger partial charge in [-0.3, -0.25) is 14.5 Å². The first-order valence-electron chi connectivity index (χ1n) is 14.3. The summed E-state index contributed by atoms with van der Waals surface area (Å²) in [6, 6.07) is 25.0. The Hall–Kier alpha value is -4.59. The number of carbonyl (C=O) groups is 3. The summed E-state index contributed by atoms with van der Waals surface area (Å²) in [5.41, 5.74) is 2.86. The second-order valence-electron chi connectivity index (χ2n) is 10.8. The summed E-state index contributed by atoms with van der Waals surface area (Å²) in [6.45, 7) is 3.11. The van der Waals surface area contributed by atoms with Gasteiger partial charge in [0.05, 0.1) is 23.9 Å².